The molecule has 0 radical (unpaired) electrons. The van der Waals surface area contributed by atoms with Crippen molar-refractivity contribution in [2.24, 2.45) is 16.9 Å². The number of nitrogens with two attached hydrogens (primary N) is 2. The Morgan fingerprint density at radius 1 is 1.21 bits per heavy atom. The Kier molecular flexibility index (Phi) is 9.42. The molecule has 1 rings (SSSR count). The highest BCUT2D eigenvalue weighted by molar-refractivity contribution is 5.99. The van der Waals surface area contributed by atoms with Crippen LogP contribution in [0.2, 0.25) is 0 Å². The summed E-state index contributed by atoms with van der Waals surface area (Å²) in [4.78, 5) is 26.3. The number of ether oxygens (including phenoxy) is 1. The average molecular weight is 408 g/mol. The number of ketones is 1. The maximum Gasteiger partial charge on any atom is 0.320 e. The molecule has 164 valence electrons. The van der Waals surface area contributed by atoms with Gasteiger partial charge in [-0.05, 0) is 25.8 Å². The summed E-state index contributed by atoms with van der Waals surface area (Å²) in [7, 11) is 0. The quantitative estimate of drug-likeness (QED) is 0.377. The molecule has 0 saturated carbocycles. The van der Waals surface area contributed by atoms with Gasteiger partial charge in [0.2, 0.25) is 0 Å². The molecule has 0 amide bonds. The van der Waals surface area contributed by atoms with E-state index in [1.807, 2.05) is 37.8 Å². The molecule has 0 aromatic heterocycles. The second-order valence-corrected chi connectivity index (χ2v) is 8.67. The molecule has 7 heteroatoms. The largest absolute Gasteiger partial charge is 0.465 e. The van der Waals surface area contributed by atoms with Crippen molar-refractivity contribution in [3.05, 3.63) is 35.4 Å². The first-order valence-electron chi connectivity index (χ1n) is 10.1. The molecule has 1 aromatic rings. The smallest absolute Gasteiger partial charge is 0.320 e. The molecular weight excluding hydrogens is 370 g/mol. The minimum atomic E-state index is -0.918. The lowest BCUT2D eigenvalue weighted by Crippen LogP contribution is -2.51. The number of esters is 1. The molecule has 0 aliphatic carbocycles. The van der Waals surface area contributed by atoms with Crippen LogP contribution in [0.1, 0.15) is 57.0 Å². The third-order valence-electron chi connectivity index (χ3n) is 4.67. The molecule has 0 heterocycles. The minimum Gasteiger partial charge on any atom is -0.465 e. The Labute approximate surface area is 174 Å². The lowest BCUT2D eigenvalue weighted by Gasteiger charge is -2.36. The van der Waals surface area contributed by atoms with Crippen LogP contribution in [0.4, 0.5) is 0 Å². The van der Waals surface area contributed by atoms with E-state index in [2.05, 4.69) is 0 Å². The van der Waals surface area contributed by atoms with Crippen LogP contribution >= 0.6 is 0 Å². The van der Waals surface area contributed by atoms with Gasteiger partial charge < -0.3 is 21.3 Å². The van der Waals surface area contributed by atoms with E-state index in [1.54, 1.807) is 26.0 Å². The van der Waals surface area contributed by atoms with Gasteiger partial charge in [0.25, 0.3) is 0 Å². The first kappa shape index (κ1) is 25.2. The first-order chi connectivity index (χ1) is 13.4. The van der Waals surface area contributed by atoms with Crippen LogP contribution in [-0.4, -0.2) is 60.6 Å². The molecule has 2 atom stereocenters. The Morgan fingerprint density at radius 2 is 1.79 bits per heavy atom. The number of hydrogen-bond donors (Lipinski definition) is 3. The van der Waals surface area contributed by atoms with E-state index >= 15 is 0 Å². The molecule has 0 aliphatic heterocycles. The third-order valence-corrected chi connectivity index (χ3v) is 4.67. The zero-order valence-electron chi connectivity index (χ0n) is 18.4. The summed E-state index contributed by atoms with van der Waals surface area (Å²) in [5.74, 6) is -0.291. The Balaban J connectivity index is 3.15. The number of aliphatic hydroxyl groups excluding tert-OH is 1. The van der Waals surface area contributed by atoms with E-state index < -0.39 is 17.1 Å². The highest BCUT2D eigenvalue weighted by Gasteiger charge is 2.33. The monoisotopic (exact) mass is 407 g/mol. The summed E-state index contributed by atoms with van der Waals surface area (Å²) in [5.41, 5.74) is 12.5. The van der Waals surface area contributed by atoms with Gasteiger partial charge in [0.05, 0.1) is 24.8 Å². The number of benzene rings is 1. The van der Waals surface area contributed by atoms with Gasteiger partial charge in [-0.2, -0.15) is 0 Å². The topological polar surface area (TPSA) is 119 Å². The molecule has 7 nitrogen and oxygen atoms in total. The summed E-state index contributed by atoms with van der Waals surface area (Å²) in [5, 5.41) is 10.0. The Morgan fingerprint density at radius 3 is 2.24 bits per heavy atom. The highest BCUT2D eigenvalue weighted by atomic mass is 16.5. The lowest BCUT2D eigenvalue weighted by atomic mass is 9.82. The van der Waals surface area contributed by atoms with Gasteiger partial charge in [-0.25, -0.2) is 0 Å². The van der Waals surface area contributed by atoms with Crippen LogP contribution in [-0.2, 0) is 15.1 Å². The number of nitrogens with zero attached hydrogens (tertiary/aromatic N) is 1. The zero-order valence-corrected chi connectivity index (χ0v) is 18.4. The van der Waals surface area contributed by atoms with Crippen molar-refractivity contribution in [2.45, 2.75) is 52.7 Å². The summed E-state index contributed by atoms with van der Waals surface area (Å²) in [6.45, 7) is 10.6. The van der Waals surface area contributed by atoms with Crippen LogP contribution in [0.25, 0.3) is 0 Å². The molecule has 0 aliphatic rings. The van der Waals surface area contributed by atoms with E-state index in [1.165, 1.54) is 0 Å². The fourth-order valence-corrected chi connectivity index (χ4v) is 3.37. The van der Waals surface area contributed by atoms with E-state index in [0.717, 1.165) is 5.56 Å². The second-order valence-electron chi connectivity index (χ2n) is 8.67. The first-order valence-corrected chi connectivity index (χ1v) is 10.1. The molecule has 2 unspecified atom stereocenters. The fourth-order valence-electron chi connectivity index (χ4n) is 3.37. The standard InChI is InChI=1S/C22H37N3O4/c1-6-29-19(27)14-25(12-11-23)15-22(24,13-16(2)26)18-9-7-17(8-10-18)20(28)21(3,4)5/h7-10,16,26H,6,11-15,23-24H2,1-5H3. The summed E-state index contributed by atoms with van der Waals surface area (Å²) >= 11 is 0. The molecule has 1 aromatic carbocycles. The fraction of sp³-hybridized carbons (Fsp3) is 0.636. The van der Waals surface area contributed by atoms with Gasteiger partial charge in [-0.3, -0.25) is 14.5 Å². The van der Waals surface area contributed by atoms with Crippen molar-refractivity contribution in [1.29, 1.82) is 0 Å². The number of aliphatic hydroxyl groups is 1. The van der Waals surface area contributed by atoms with Crippen LogP contribution in [0, 0.1) is 5.41 Å². The van der Waals surface area contributed by atoms with Crippen LogP contribution < -0.4 is 11.5 Å². The van der Waals surface area contributed by atoms with E-state index in [0.29, 0.717) is 38.2 Å². The lowest BCUT2D eigenvalue weighted by molar-refractivity contribution is -0.144. The molecule has 0 bridgehead atoms. The Bertz CT molecular complexity index is 668. The van der Waals surface area contributed by atoms with Crippen LogP contribution in [0.5, 0.6) is 0 Å². The van der Waals surface area contributed by atoms with E-state index in [4.69, 9.17) is 16.2 Å². The second kappa shape index (κ2) is 10.8. The van der Waals surface area contributed by atoms with Gasteiger partial charge in [0.15, 0.2) is 5.78 Å². The van der Waals surface area contributed by atoms with Crippen molar-refractivity contribution >= 4 is 11.8 Å². The van der Waals surface area contributed by atoms with Crippen LogP contribution in [0.3, 0.4) is 0 Å². The average Bonchev–Trinajstić information content (AvgIpc) is 2.60. The van der Waals surface area contributed by atoms with Gasteiger partial charge >= 0.3 is 5.97 Å². The van der Waals surface area contributed by atoms with Crippen molar-refractivity contribution in [3.8, 4) is 0 Å². The maximum absolute atomic E-state index is 12.5. The summed E-state index contributed by atoms with van der Waals surface area (Å²) in [6.07, 6.45) is -0.345. The van der Waals surface area contributed by atoms with Crippen molar-refractivity contribution in [1.82, 2.24) is 4.90 Å². The number of carbonyl (C=O) groups is 2. The predicted molar refractivity (Wildman–Crippen MR) is 115 cm³/mol. The molecule has 0 spiro atoms. The summed E-state index contributed by atoms with van der Waals surface area (Å²) < 4.78 is 5.04. The van der Waals surface area contributed by atoms with Gasteiger partial charge in [-0.1, -0.05) is 45.0 Å². The molecule has 5 N–H and O–H groups in total. The van der Waals surface area contributed by atoms with E-state index in [-0.39, 0.29) is 18.3 Å². The van der Waals surface area contributed by atoms with E-state index in [9.17, 15) is 14.7 Å². The number of Topliss-reactive ketones (excluding diaryl/α,β-unsaturated/α-hetero) is 1. The van der Waals surface area contributed by atoms with Gasteiger partial charge in [-0.15, -0.1) is 0 Å². The zero-order chi connectivity index (χ0) is 22.2. The minimum absolute atomic E-state index is 0.0502. The van der Waals surface area contributed by atoms with Crippen LogP contribution in [0.15, 0.2) is 24.3 Å². The molecule has 29 heavy (non-hydrogen) atoms. The maximum atomic E-state index is 12.5. The summed E-state index contributed by atoms with van der Waals surface area (Å²) in [6, 6.07) is 7.19. The van der Waals surface area contributed by atoms with Crippen molar-refractivity contribution < 1.29 is 19.4 Å². The normalized spacial score (nSPS) is 15.1. The predicted octanol–water partition coefficient (Wildman–Crippen LogP) is 1.66. The SMILES string of the molecule is CCOC(=O)CN(CCN)CC(N)(CC(C)O)c1ccc(C(=O)C(C)(C)C)cc1. The Hall–Kier alpha value is -1.80. The number of rotatable bonds is 11. The third kappa shape index (κ3) is 7.85. The van der Waals surface area contributed by atoms with Gasteiger partial charge in [0, 0.05) is 30.6 Å². The highest BCUT2D eigenvalue weighted by Crippen LogP contribution is 2.28. The molecular formula is C22H37N3O4. The number of carbonyl (C=O) groups excluding carboxylic acids is 2. The molecule has 0 saturated heterocycles. The molecule has 0 fully saturated rings. The van der Waals surface area contributed by atoms with Crippen molar-refractivity contribution in [2.75, 3.05) is 32.8 Å². The number of hydrogen-bond acceptors (Lipinski definition) is 7. The van der Waals surface area contributed by atoms with Crippen molar-refractivity contribution in [3.63, 3.8) is 0 Å². The van der Waals surface area contributed by atoms with Gasteiger partial charge in [0.1, 0.15) is 0 Å².